The highest BCUT2D eigenvalue weighted by Gasteiger charge is 2.28. The van der Waals surface area contributed by atoms with E-state index in [0.29, 0.717) is 12.1 Å². The second-order valence-corrected chi connectivity index (χ2v) is 8.80. The minimum Gasteiger partial charge on any atom is -0.480 e. The van der Waals surface area contributed by atoms with E-state index in [0.717, 1.165) is 28.9 Å². The summed E-state index contributed by atoms with van der Waals surface area (Å²) in [6.07, 6.45) is 1.14. The summed E-state index contributed by atoms with van der Waals surface area (Å²) in [5.74, 6) is -0.183. The number of carboxylic acids is 1. The largest absolute Gasteiger partial charge is 0.480 e. The monoisotopic (exact) mass is 445 g/mol. The summed E-state index contributed by atoms with van der Waals surface area (Å²) < 4.78 is 10.4. The minimum atomic E-state index is -0.921. The van der Waals surface area contributed by atoms with Crippen molar-refractivity contribution in [2.24, 2.45) is 10.4 Å². The highest BCUT2D eigenvalue weighted by molar-refractivity contribution is 6.13. The average molecular weight is 446 g/mol. The van der Waals surface area contributed by atoms with E-state index in [1.807, 2.05) is 84.9 Å². The molecule has 0 saturated heterocycles. The van der Waals surface area contributed by atoms with Gasteiger partial charge in [-0.05, 0) is 36.0 Å². The van der Waals surface area contributed by atoms with Crippen molar-refractivity contribution in [1.82, 2.24) is 0 Å². The van der Waals surface area contributed by atoms with E-state index < -0.39 is 12.0 Å². The number of aliphatic carboxylic acids is 1. The molecule has 5 heteroatoms. The molecule has 0 unspecified atom stereocenters. The van der Waals surface area contributed by atoms with Crippen LogP contribution in [-0.2, 0) is 16.0 Å². The third kappa shape index (κ3) is 7.29. The second kappa shape index (κ2) is 11.4. The topological polar surface area (TPSA) is 68.1 Å². The summed E-state index contributed by atoms with van der Waals surface area (Å²) in [4.78, 5) is 17.0. The number of hydrogen-bond donors (Lipinski definition) is 1. The lowest BCUT2D eigenvalue weighted by molar-refractivity contribution is -0.139. The Labute approximate surface area is 195 Å². The molecule has 0 fully saturated rings. The Hall–Kier alpha value is -3.44. The van der Waals surface area contributed by atoms with Gasteiger partial charge in [0.15, 0.2) is 6.79 Å². The standard InChI is InChI=1S/C28H31NO4/c1-28(2,18-21-14-16-24(17-15-21)33-20-32-3)19-25(27(30)31)29-26(22-10-6-4-7-11-22)23-12-8-5-9-13-23/h4-17,25H,18-20H2,1-3H3,(H,30,31)/t25-/m0/s1. The first-order valence-electron chi connectivity index (χ1n) is 11.0. The van der Waals surface area contributed by atoms with Gasteiger partial charge in [-0.15, -0.1) is 0 Å². The number of carboxylic acid groups (broad SMARTS) is 1. The van der Waals surface area contributed by atoms with Gasteiger partial charge in [-0.25, -0.2) is 4.79 Å². The number of carbonyl (C=O) groups is 1. The molecule has 3 aromatic carbocycles. The van der Waals surface area contributed by atoms with Crippen LogP contribution in [0.4, 0.5) is 0 Å². The van der Waals surface area contributed by atoms with Crippen molar-refractivity contribution in [2.75, 3.05) is 13.9 Å². The first kappa shape index (κ1) is 24.2. The SMILES string of the molecule is COCOc1ccc(CC(C)(C)C[C@H](N=C(c2ccccc2)c2ccccc2)C(=O)O)cc1. The van der Waals surface area contributed by atoms with Crippen molar-refractivity contribution >= 4 is 11.7 Å². The van der Waals surface area contributed by atoms with Crippen molar-refractivity contribution in [2.45, 2.75) is 32.7 Å². The van der Waals surface area contributed by atoms with Crippen molar-refractivity contribution in [3.8, 4) is 5.75 Å². The molecule has 3 aromatic rings. The van der Waals surface area contributed by atoms with E-state index in [4.69, 9.17) is 14.5 Å². The zero-order valence-corrected chi connectivity index (χ0v) is 19.4. The lowest BCUT2D eigenvalue weighted by atomic mass is 9.80. The molecule has 0 amide bonds. The maximum absolute atomic E-state index is 12.2. The molecule has 0 radical (unpaired) electrons. The van der Waals surface area contributed by atoms with Crippen LogP contribution in [0.25, 0.3) is 0 Å². The zero-order valence-electron chi connectivity index (χ0n) is 19.4. The second-order valence-electron chi connectivity index (χ2n) is 8.80. The van der Waals surface area contributed by atoms with E-state index in [1.165, 1.54) is 0 Å². The zero-order chi connectivity index (χ0) is 23.7. The van der Waals surface area contributed by atoms with Gasteiger partial charge in [0.25, 0.3) is 0 Å². The number of aliphatic imine (C=N–C) groups is 1. The fraction of sp³-hybridized carbons (Fsp3) is 0.286. The molecule has 1 atom stereocenters. The highest BCUT2D eigenvalue weighted by atomic mass is 16.7. The summed E-state index contributed by atoms with van der Waals surface area (Å²) in [6.45, 7) is 4.37. The van der Waals surface area contributed by atoms with Crippen LogP contribution in [0.2, 0.25) is 0 Å². The Morgan fingerprint density at radius 3 is 1.94 bits per heavy atom. The summed E-state index contributed by atoms with van der Waals surface area (Å²) in [7, 11) is 1.58. The van der Waals surface area contributed by atoms with Crippen molar-refractivity contribution in [1.29, 1.82) is 0 Å². The van der Waals surface area contributed by atoms with Crippen molar-refractivity contribution < 1.29 is 19.4 Å². The molecule has 0 aliphatic rings. The highest BCUT2D eigenvalue weighted by Crippen LogP contribution is 2.30. The molecule has 0 heterocycles. The molecule has 5 nitrogen and oxygen atoms in total. The van der Waals surface area contributed by atoms with E-state index in [9.17, 15) is 9.90 Å². The van der Waals surface area contributed by atoms with Crippen LogP contribution in [0.3, 0.4) is 0 Å². The van der Waals surface area contributed by atoms with Crippen LogP contribution < -0.4 is 4.74 Å². The van der Waals surface area contributed by atoms with Gasteiger partial charge in [-0.2, -0.15) is 0 Å². The van der Waals surface area contributed by atoms with Crippen LogP contribution in [-0.4, -0.2) is 36.7 Å². The maximum atomic E-state index is 12.2. The lowest BCUT2D eigenvalue weighted by Crippen LogP contribution is -2.29. The molecule has 0 aliphatic heterocycles. The van der Waals surface area contributed by atoms with E-state index >= 15 is 0 Å². The molecule has 0 saturated carbocycles. The minimum absolute atomic E-state index is 0.203. The van der Waals surface area contributed by atoms with Crippen LogP contribution in [0.15, 0.2) is 89.9 Å². The number of methoxy groups -OCH3 is 1. The van der Waals surface area contributed by atoms with Crippen molar-refractivity contribution in [3.63, 3.8) is 0 Å². The van der Waals surface area contributed by atoms with Crippen LogP contribution >= 0.6 is 0 Å². The van der Waals surface area contributed by atoms with Crippen LogP contribution in [0.5, 0.6) is 5.75 Å². The van der Waals surface area contributed by atoms with Gasteiger partial charge in [-0.3, -0.25) is 4.99 Å². The Bertz CT molecular complexity index is 1000. The lowest BCUT2D eigenvalue weighted by Gasteiger charge is -2.27. The molecule has 0 spiro atoms. The number of nitrogens with zero attached hydrogens (tertiary/aromatic N) is 1. The third-order valence-corrected chi connectivity index (χ3v) is 5.36. The van der Waals surface area contributed by atoms with Gasteiger partial charge in [-0.1, -0.05) is 86.6 Å². The van der Waals surface area contributed by atoms with Crippen molar-refractivity contribution in [3.05, 3.63) is 102 Å². The Morgan fingerprint density at radius 1 is 0.909 bits per heavy atom. The average Bonchev–Trinajstić information content (AvgIpc) is 2.82. The Balaban J connectivity index is 1.83. The third-order valence-electron chi connectivity index (χ3n) is 5.36. The fourth-order valence-corrected chi connectivity index (χ4v) is 3.83. The van der Waals surface area contributed by atoms with Crippen LogP contribution in [0, 0.1) is 5.41 Å². The summed E-state index contributed by atoms with van der Waals surface area (Å²) in [6, 6.07) is 26.4. The van der Waals surface area contributed by atoms with Gasteiger partial charge in [0.2, 0.25) is 0 Å². The van der Waals surface area contributed by atoms with Gasteiger partial charge in [0.05, 0.1) is 5.71 Å². The number of ether oxygens (including phenoxy) is 2. The van der Waals surface area contributed by atoms with E-state index in [-0.39, 0.29) is 12.2 Å². The number of hydrogen-bond acceptors (Lipinski definition) is 4. The summed E-state index contributed by atoms with van der Waals surface area (Å²) >= 11 is 0. The Kier molecular flexibility index (Phi) is 8.39. The smallest absolute Gasteiger partial charge is 0.328 e. The van der Waals surface area contributed by atoms with Crippen LogP contribution in [0.1, 0.15) is 37.0 Å². The quantitative estimate of drug-likeness (QED) is 0.307. The Morgan fingerprint density at radius 2 is 1.45 bits per heavy atom. The summed E-state index contributed by atoms with van der Waals surface area (Å²) in [5.41, 5.74) is 3.34. The molecule has 3 rings (SSSR count). The molecule has 33 heavy (non-hydrogen) atoms. The fourth-order valence-electron chi connectivity index (χ4n) is 3.83. The molecule has 0 aromatic heterocycles. The van der Waals surface area contributed by atoms with Gasteiger partial charge in [0.1, 0.15) is 11.8 Å². The first-order chi connectivity index (χ1) is 15.9. The molecule has 0 aliphatic carbocycles. The van der Waals surface area contributed by atoms with Gasteiger partial charge < -0.3 is 14.6 Å². The predicted octanol–water partition coefficient (Wildman–Crippen LogP) is 5.62. The number of rotatable bonds is 11. The predicted molar refractivity (Wildman–Crippen MR) is 131 cm³/mol. The molecular weight excluding hydrogens is 414 g/mol. The van der Waals surface area contributed by atoms with E-state index in [2.05, 4.69) is 13.8 Å². The molecule has 0 bridgehead atoms. The molecule has 172 valence electrons. The first-order valence-corrected chi connectivity index (χ1v) is 11.0. The van der Waals surface area contributed by atoms with Gasteiger partial charge in [0, 0.05) is 18.2 Å². The molecule has 1 N–H and O–H groups in total. The van der Waals surface area contributed by atoms with E-state index in [1.54, 1.807) is 7.11 Å². The summed E-state index contributed by atoms with van der Waals surface area (Å²) in [5, 5.41) is 10.0. The number of benzene rings is 3. The molecular formula is C28H31NO4. The normalized spacial score (nSPS) is 12.1. The maximum Gasteiger partial charge on any atom is 0.328 e. The van der Waals surface area contributed by atoms with Gasteiger partial charge >= 0.3 is 5.97 Å².